The van der Waals surface area contributed by atoms with Crippen molar-refractivity contribution in [2.45, 2.75) is 37.9 Å². The molecule has 11 heteroatoms. The van der Waals surface area contributed by atoms with Gasteiger partial charge in [0.2, 0.25) is 0 Å². The number of amides is 1. The number of halogens is 2. The molecule has 0 aliphatic rings. The molecule has 0 saturated heterocycles. The predicted octanol–water partition coefficient (Wildman–Crippen LogP) is 5.61. The lowest BCUT2D eigenvalue weighted by Crippen LogP contribution is -2.48. The zero-order valence-corrected chi connectivity index (χ0v) is 24.1. The molecule has 3 aromatic carbocycles. The number of anilines is 1. The molecule has 0 aliphatic carbocycles. The lowest BCUT2D eigenvalue weighted by atomic mass is 9.89. The van der Waals surface area contributed by atoms with Gasteiger partial charge >= 0.3 is 5.97 Å². The standard InChI is InChI=1S/C31H33F2N5O3S/c1-20(21-3-7-23(32)8-4-21)26-12-11-25(17-27(26)30(39)37-36-28(31(40)41)13-16-42-2)35-29(18-38-15-14-34-19-38)22-5-9-24(33)10-6-22/h3-12,14-15,17,19-20,28-29,35-36H,13,16,18H2,1-2H3,(H,37,39)(H,40,41)/t20?,28-,29?/m0/s1. The summed E-state index contributed by atoms with van der Waals surface area (Å²) >= 11 is 1.51. The summed E-state index contributed by atoms with van der Waals surface area (Å²) in [6.45, 7) is 2.40. The Balaban J connectivity index is 1.66. The van der Waals surface area contributed by atoms with Crippen molar-refractivity contribution in [2.75, 3.05) is 17.3 Å². The lowest BCUT2D eigenvalue weighted by Gasteiger charge is -2.23. The summed E-state index contributed by atoms with van der Waals surface area (Å²) in [7, 11) is 0. The first-order valence-corrected chi connectivity index (χ1v) is 14.8. The zero-order chi connectivity index (χ0) is 30.1. The average Bonchev–Trinajstić information content (AvgIpc) is 3.50. The Hall–Kier alpha value is -4.22. The number of nitrogens with one attached hydrogen (secondary N) is 3. The van der Waals surface area contributed by atoms with Crippen LogP contribution in [0, 0.1) is 11.6 Å². The van der Waals surface area contributed by atoms with Gasteiger partial charge in [0.1, 0.15) is 17.7 Å². The maximum atomic E-state index is 13.7. The first-order valence-electron chi connectivity index (χ1n) is 13.4. The summed E-state index contributed by atoms with van der Waals surface area (Å²) < 4.78 is 29.2. The van der Waals surface area contributed by atoms with Crippen molar-refractivity contribution in [3.63, 3.8) is 0 Å². The van der Waals surface area contributed by atoms with Gasteiger partial charge in [-0.2, -0.15) is 11.8 Å². The van der Waals surface area contributed by atoms with E-state index in [0.717, 1.165) is 11.1 Å². The molecule has 0 aliphatic heterocycles. The number of hydrogen-bond acceptors (Lipinski definition) is 6. The second kappa shape index (κ2) is 14.6. The fourth-order valence-corrected chi connectivity index (χ4v) is 5.07. The van der Waals surface area contributed by atoms with Gasteiger partial charge in [-0.25, -0.2) is 19.2 Å². The highest BCUT2D eigenvalue weighted by Crippen LogP contribution is 2.31. The molecule has 1 heterocycles. The van der Waals surface area contributed by atoms with Crippen molar-refractivity contribution >= 4 is 29.3 Å². The van der Waals surface area contributed by atoms with Gasteiger partial charge in [0.05, 0.1) is 12.4 Å². The predicted molar refractivity (Wildman–Crippen MR) is 160 cm³/mol. The molecule has 0 saturated carbocycles. The molecule has 0 spiro atoms. The summed E-state index contributed by atoms with van der Waals surface area (Å²) in [4.78, 5) is 29.4. The van der Waals surface area contributed by atoms with E-state index in [0.29, 0.717) is 35.5 Å². The van der Waals surface area contributed by atoms with Crippen molar-refractivity contribution in [3.8, 4) is 0 Å². The largest absolute Gasteiger partial charge is 0.480 e. The highest BCUT2D eigenvalue weighted by atomic mass is 32.2. The molecule has 3 atom stereocenters. The first-order chi connectivity index (χ1) is 20.2. The topological polar surface area (TPSA) is 108 Å². The molecule has 0 fully saturated rings. The van der Waals surface area contributed by atoms with Crippen LogP contribution >= 0.6 is 11.8 Å². The number of thioether (sulfide) groups is 1. The molecule has 4 aromatic rings. The molecule has 0 bridgehead atoms. The molecule has 42 heavy (non-hydrogen) atoms. The SMILES string of the molecule is CSCC[C@H](NNC(=O)c1cc(NC(Cn2ccnc2)c2ccc(F)cc2)ccc1C(C)c1ccc(F)cc1)C(=O)O. The number of hydrogen-bond donors (Lipinski definition) is 4. The van der Waals surface area contributed by atoms with E-state index in [-0.39, 0.29) is 23.6 Å². The van der Waals surface area contributed by atoms with Crippen LogP contribution in [0.25, 0.3) is 0 Å². The molecule has 8 nitrogen and oxygen atoms in total. The number of benzene rings is 3. The maximum absolute atomic E-state index is 13.7. The van der Waals surface area contributed by atoms with Crippen LogP contribution in [0.5, 0.6) is 0 Å². The van der Waals surface area contributed by atoms with Gasteiger partial charge in [-0.1, -0.05) is 37.3 Å². The van der Waals surface area contributed by atoms with Crippen LogP contribution in [0.2, 0.25) is 0 Å². The van der Waals surface area contributed by atoms with Crippen LogP contribution < -0.4 is 16.2 Å². The number of hydrazine groups is 1. The number of carboxylic acid groups (broad SMARTS) is 1. The monoisotopic (exact) mass is 593 g/mol. The number of carbonyl (C=O) groups is 2. The highest BCUT2D eigenvalue weighted by Gasteiger charge is 2.22. The van der Waals surface area contributed by atoms with E-state index in [1.165, 1.54) is 36.0 Å². The Labute approximate surface area is 247 Å². The number of rotatable bonds is 14. The maximum Gasteiger partial charge on any atom is 0.322 e. The van der Waals surface area contributed by atoms with E-state index in [2.05, 4.69) is 21.2 Å². The van der Waals surface area contributed by atoms with Crippen LogP contribution in [-0.4, -0.2) is 44.6 Å². The third-order valence-electron chi connectivity index (χ3n) is 6.97. The van der Waals surface area contributed by atoms with Gasteiger partial charge in [0.25, 0.3) is 5.91 Å². The van der Waals surface area contributed by atoms with E-state index < -0.39 is 17.9 Å². The summed E-state index contributed by atoms with van der Waals surface area (Å²) in [6, 6.07) is 16.4. The number of imidazole rings is 1. The minimum absolute atomic E-state index is 0.272. The van der Waals surface area contributed by atoms with E-state index in [4.69, 9.17) is 0 Å². The summed E-state index contributed by atoms with van der Waals surface area (Å²) in [5.74, 6) is -1.95. The van der Waals surface area contributed by atoms with Gasteiger partial charge in [-0.15, -0.1) is 0 Å². The fraction of sp³-hybridized carbons (Fsp3) is 0.258. The molecule has 4 N–H and O–H groups in total. The summed E-state index contributed by atoms with van der Waals surface area (Å²) in [5.41, 5.74) is 8.50. The van der Waals surface area contributed by atoms with Gasteiger partial charge in [0.15, 0.2) is 0 Å². The number of nitrogens with zero attached hydrogens (tertiary/aromatic N) is 2. The van der Waals surface area contributed by atoms with Crippen LogP contribution in [-0.2, 0) is 11.3 Å². The zero-order valence-electron chi connectivity index (χ0n) is 23.3. The first kappa shape index (κ1) is 30.7. The lowest BCUT2D eigenvalue weighted by molar-refractivity contribution is -0.139. The van der Waals surface area contributed by atoms with Gasteiger partial charge in [0, 0.05) is 36.1 Å². The third-order valence-corrected chi connectivity index (χ3v) is 7.61. The second-order valence-electron chi connectivity index (χ2n) is 9.85. The fourth-order valence-electron chi connectivity index (χ4n) is 4.60. The molecule has 0 radical (unpaired) electrons. The van der Waals surface area contributed by atoms with Crippen molar-refractivity contribution < 1.29 is 23.5 Å². The Morgan fingerprint density at radius 2 is 1.67 bits per heavy atom. The number of aliphatic carboxylic acids is 1. The van der Waals surface area contributed by atoms with E-state index in [9.17, 15) is 23.5 Å². The molecule has 1 amide bonds. The molecular formula is C31H33F2N5O3S. The number of carbonyl (C=O) groups excluding carboxylic acids is 1. The molecular weight excluding hydrogens is 560 g/mol. The third kappa shape index (κ3) is 8.17. The normalized spacial score (nSPS) is 13.2. The smallest absolute Gasteiger partial charge is 0.322 e. The summed E-state index contributed by atoms with van der Waals surface area (Å²) in [6.07, 6.45) is 7.39. The van der Waals surface area contributed by atoms with Crippen molar-refractivity contribution in [2.24, 2.45) is 0 Å². The number of aromatic nitrogens is 2. The van der Waals surface area contributed by atoms with Crippen LogP contribution in [0.1, 0.15) is 52.4 Å². The minimum Gasteiger partial charge on any atom is -0.480 e. The van der Waals surface area contributed by atoms with Crippen LogP contribution in [0.4, 0.5) is 14.5 Å². The second-order valence-corrected chi connectivity index (χ2v) is 10.8. The highest BCUT2D eigenvalue weighted by molar-refractivity contribution is 7.98. The van der Waals surface area contributed by atoms with Crippen molar-refractivity contribution in [1.29, 1.82) is 0 Å². The average molecular weight is 594 g/mol. The van der Waals surface area contributed by atoms with Crippen LogP contribution in [0.3, 0.4) is 0 Å². The van der Waals surface area contributed by atoms with Crippen LogP contribution in [0.15, 0.2) is 85.5 Å². The summed E-state index contributed by atoms with van der Waals surface area (Å²) in [5, 5.41) is 13.0. The molecule has 1 aromatic heterocycles. The number of carboxylic acids is 1. The van der Waals surface area contributed by atoms with E-state index in [1.54, 1.807) is 42.9 Å². The van der Waals surface area contributed by atoms with Crippen molar-refractivity contribution in [1.82, 2.24) is 20.4 Å². The molecule has 4 rings (SSSR count). The molecule has 220 valence electrons. The Bertz CT molecular complexity index is 1470. The van der Waals surface area contributed by atoms with Gasteiger partial charge < -0.3 is 15.0 Å². The minimum atomic E-state index is -1.07. The molecule has 2 unspecified atom stereocenters. The van der Waals surface area contributed by atoms with Gasteiger partial charge in [-0.05, 0) is 71.5 Å². The van der Waals surface area contributed by atoms with Crippen molar-refractivity contribution in [3.05, 3.63) is 119 Å². The quantitative estimate of drug-likeness (QED) is 0.141. The Kier molecular flexibility index (Phi) is 10.7. The Morgan fingerprint density at radius 3 is 2.26 bits per heavy atom. The van der Waals surface area contributed by atoms with E-state index in [1.807, 2.05) is 36.1 Å². The Morgan fingerprint density at radius 1 is 1.00 bits per heavy atom. The van der Waals surface area contributed by atoms with E-state index >= 15 is 0 Å². The van der Waals surface area contributed by atoms with Gasteiger partial charge in [-0.3, -0.25) is 15.0 Å².